The SMILES string of the molecule is Cc1c([C@H](C)NC(=O)Nc2cnn(CC(F)(F)F)c2)cnn1C. The summed E-state index contributed by atoms with van der Waals surface area (Å²) in [5.41, 5.74) is 1.95. The number of hydrogen-bond donors (Lipinski definition) is 2. The molecule has 0 radical (unpaired) electrons. The summed E-state index contributed by atoms with van der Waals surface area (Å²) in [6, 6.07) is -0.832. The van der Waals surface area contributed by atoms with Crippen LogP contribution < -0.4 is 10.6 Å². The standard InChI is InChI=1S/C13H17F3N6O/c1-8(11-5-17-21(3)9(11)2)19-12(23)20-10-4-18-22(6-10)7-13(14,15)16/h4-6,8H,7H2,1-3H3,(H2,19,20,23)/t8-/m0/s1. The summed E-state index contributed by atoms with van der Waals surface area (Å²) in [6.07, 6.45) is -0.433. The fraction of sp³-hybridized carbons (Fsp3) is 0.462. The lowest BCUT2D eigenvalue weighted by Crippen LogP contribution is -2.31. The van der Waals surface area contributed by atoms with Gasteiger partial charge in [-0.3, -0.25) is 9.36 Å². The minimum absolute atomic E-state index is 0.182. The van der Waals surface area contributed by atoms with Crippen molar-refractivity contribution in [1.82, 2.24) is 24.9 Å². The quantitative estimate of drug-likeness (QED) is 0.903. The summed E-state index contributed by atoms with van der Waals surface area (Å²) in [5.74, 6) is 0. The Morgan fingerprint density at radius 2 is 2.04 bits per heavy atom. The van der Waals surface area contributed by atoms with Gasteiger partial charge in [-0.2, -0.15) is 23.4 Å². The maximum absolute atomic E-state index is 12.2. The van der Waals surface area contributed by atoms with E-state index in [1.165, 1.54) is 0 Å². The molecule has 2 aromatic rings. The van der Waals surface area contributed by atoms with Crippen LogP contribution in [0.1, 0.15) is 24.2 Å². The van der Waals surface area contributed by atoms with Crippen molar-refractivity contribution in [2.75, 3.05) is 5.32 Å². The predicted octanol–water partition coefficient (Wildman–Crippen LogP) is 2.37. The van der Waals surface area contributed by atoms with Gasteiger partial charge in [0.1, 0.15) is 6.54 Å². The molecule has 1 atom stereocenters. The molecule has 2 heterocycles. The van der Waals surface area contributed by atoms with Gasteiger partial charge in [-0.25, -0.2) is 4.79 Å². The van der Waals surface area contributed by atoms with Crippen LogP contribution >= 0.6 is 0 Å². The molecule has 0 aromatic carbocycles. The van der Waals surface area contributed by atoms with E-state index < -0.39 is 18.8 Å². The second-order valence-electron chi connectivity index (χ2n) is 5.17. The summed E-state index contributed by atoms with van der Waals surface area (Å²) in [7, 11) is 1.79. The summed E-state index contributed by atoms with van der Waals surface area (Å²) in [6.45, 7) is 2.46. The third-order valence-corrected chi connectivity index (χ3v) is 3.32. The van der Waals surface area contributed by atoms with Crippen molar-refractivity contribution in [3.63, 3.8) is 0 Å². The molecule has 0 spiro atoms. The van der Waals surface area contributed by atoms with Gasteiger partial charge in [-0.05, 0) is 13.8 Å². The fourth-order valence-electron chi connectivity index (χ4n) is 2.08. The summed E-state index contributed by atoms with van der Waals surface area (Å²) >= 11 is 0. The normalized spacial score (nSPS) is 13.0. The molecule has 2 N–H and O–H groups in total. The minimum Gasteiger partial charge on any atom is -0.331 e. The Bertz CT molecular complexity index is 690. The highest BCUT2D eigenvalue weighted by molar-refractivity contribution is 5.89. The zero-order valence-corrected chi connectivity index (χ0v) is 12.8. The first-order valence-electron chi connectivity index (χ1n) is 6.81. The largest absolute Gasteiger partial charge is 0.408 e. The molecule has 2 rings (SSSR count). The summed E-state index contributed by atoms with van der Waals surface area (Å²) < 4.78 is 39.1. The van der Waals surface area contributed by atoms with Crippen LogP contribution in [0.25, 0.3) is 0 Å². The Labute approximate surface area is 130 Å². The van der Waals surface area contributed by atoms with Crippen LogP contribution in [-0.4, -0.2) is 31.8 Å². The third kappa shape index (κ3) is 4.47. The smallest absolute Gasteiger partial charge is 0.331 e. The van der Waals surface area contributed by atoms with Crippen LogP contribution in [-0.2, 0) is 13.6 Å². The molecule has 0 aliphatic rings. The van der Waals surface area contributed by atoms with Gasteiger partial charge in [0.15, 0.2) is 0 Å². The molecule has 0 bridgehead atoms. The Balaban J connectivity index is 1.93. The number of aromatic nitrogens is 4. The van der Waals surface area contributed by atoms with E-state index in [0.29, 0.717) is 4.68 Å². The molecule has 126 valence electrons. The summed E-state index contributed by atoms with van der Waals surface area (Å²) in [4.78, 5) is 11.9. The van der Waals surface area contributed by atoms with Gasteiger partial charge in [0.05, 0.1) is 24.1 Å². The van der Waals surface area contributed by atoms with Crippen LogP contribution in [0.5, 0.6) is 0 Å². The van der Waals surface area contributed by atoms with Crippen molar-refractivity contribution in [3.05, 3.63) is 29.8 Å². The Morgan fingerprint density at radius 3 is 2.61 bits per heavy atom. The van der Waals surface area contributed by atoms with Crippen molar-refractivity contribution in [3.8, 4) is 0 Å². The van der Waals surface area contributed by atoms with E-state index in [9.17, 15) is 18.0 Å². The number of carbonyl (C=O) groups excluding carboxylic acids is 1. The number of halogens is 3. The van der Waals surface area contributed by atoms with Crippen LogP contribution in [0.15, 0.2) is 18.6 Å². The Morgan fingerprint density at radius 1 is 1.35 bits per heavy atom. The first-order chi connectivity index (χ1) is 10.7. The molecule has 7 nitrogen and oxygen atoms in total. The molecule has 2 amide bonds. The number of carbonyl (C=O) groups is 1. The predicted molar refractivity (Wildman–Crippen MR) is 76.8 cm³/mol. The maximum atomic E-state index is 12.2. The van der Waals surface area contributed by atoms with E-state index in [2.05, 4.69) is 20.8 Å². The van der Waals surface area contributed by atoms with Crippen molar-refractivity contribution in [1.29, 1.82) is 0 Å². The molecule has 0 fully saturated rings. The highest BCUT2D eigenvalue weighted by Crippen LogP contribution is 2.19. The second-order valence-corrected chi connectivity index (χ2v) is 5.17. The van der Waals surface area contributed by atoms with Crippen LogP contribution in [0, 0.1) is 6.92 Å². The number of rotatable bonds is 4. The van der Waals surface area contributed by atoms with E-state index in [0.717, 1.165) is 23.7 Å². The molecule has 0 unspecified atom stereocenters. The molecule has 0 saturated carbocycles. The molecule has 10 heteroatoms. The molecular weight excluding hydrogens is 313 g/mol. The number of alkyl halides is 3. The number of urea groups is 1. The lowest BCUT2D eigenvalue weighted by molar-refractivity contribution is -0.142. The van der Waals surface area contributed by atoms with E-state index >= 15 is 0 Å². The third-order valence-electron chi connectivity index (χ3n) is 3.32. The Hall–Kier alpha value is -2.52. The number of aryl methyl sites for hydroxylation is 1. The van der Waals surface area contributed by atoms with E-state index in [-0.39, 0.29) is 11.7 Å². The zero-order valence-electron chi connectivity index (χ0n) is 12.8. The number of amides is 2. The average molecular weight is 330 g/mol. The van der Waals surface area contributed by atoms with Gasteiger partial charge in [0, 0.05) is 24.5 Å². The van der Waals surface area contributed by atoms with E-state index in [1.807, 2.05) is 6.92 Å². The molecule has 0 saturated heterocycles. The molecule has 0 aliphatic heterocycles. The van der Waals surface area contributed by atoms with Crippen molar-refractivity contribution in [2.45, 2.75) is 32.6 Å². The zero-order chi connectivity index (χ0) is 17.2. The van der Waals surface area contributed by atoms with Gasteiger partial charge < -0.3 is 10.6 Å². The van der Waals surface area contributed by atoms with Crippen LogP contribution in [0.2, 0.25) is 0 Å². The van der Waals surface area contributed by atoms with Gasteiger partial charge in [0.2, 0.25) is 0 Å². The highest BCUT2D eigenvalue weighted by Gasteiger charge is 2.28. The van der Waals surface area contributed by atoms with Crippen LogP contribution in [0.4, 0.5) is 23.7 Å². The highest BCUT2D eigenvalue weighted by atomic mass is 19.4. The van der Waals surface area contributed by atoms with E-state index in [1.54, 1.807) is 24.9 Å². The van der Waals surface area contributed by atoms with Crippen molar-refractivity contribution in [2.24, 2.45) is 7.05 Å². The molecular formula is C13H17F3N6O. The van der Waals surface area contributed by atoms with Gasteiger partial charge >= 0.3 is 12.2 Å². The lowest BCUT2D eigenvalue weighted by Gasteiger charge is -2.14. The number of nitrogens with one attached hydrogen (secondary N) is 2. The fourth-order valence-corrected chi connectivity index (χ4v) is 2.08. The minimum atomic E-state index is -4.36. The lowest BCUT2D eigenvalue weighted by atomic mass is 10.1. The Kier molecular flexibility index (Phi) is 4.62. The number of nitrogens with zero attached hydrogens (tertiary/aromatic N) is 4. The molecule has 2 aromatic heterocycles. The first kappa shape index (κ1) is 16.8. The van der Waals surface area contributed by atoms with Crippen molar-refractivity contribution < 1.29 is 18.0 Å². The van der Waals surface area contributed by atoms with Crippen molar-refractivity contribution >= 4 is 11.7 Å². The monoisotopic (exact) mass is 330 g/mol. The van der Waals surface area contributed by atoms with Gasteiger partial charge in [0.25, 0.3) is 0 Å². The average Bonchev–Trinajstić information content (AvgIpc) is 2.95. The van der Waals surface area contributed by atoms with Crippen LogP contribution in [0.3, 0.4) is 0 Å². The maximum Gasteiger partial charge on any atom is 0.408 e. The van der Waals surface area contributed by atoms with E-state index in [4.69, 9.17) is 0 Å². The topological polar surface area (TPSA) is 76.8 Å². The second kappa shape index (κ2) is 6.31. The first-order valence-corrected chi connectivity index (χ1v) is 6.81. The van der Waals surface area contributed by atoms with Gasteiger partial charge in [-0.15, -0.1) is 0 Å². The van der Waals surface area contributed by atoms with Gasteiger partial charge in [-0.1, -0.05) is 0 Å². The summed E-state index contributed by atoms with van der Waals surface area (Å²) in [5, 5.41) is 12.8. The number of hydrogen-bond acceptors (Lipinski definition) is 3. The number of anilines is 1. The molecule has 23 heavy (non-hydrogen) atoms. The molecule has 0 aliphatic carbocycles.